The molecule has 1 heterocycles. The summed E-state index contributed by atoms with van der Waals surface area (Å²) in [5, 5.41) is 0.789. The Balaban J connectivity index is 2.29. The van der Waals surface area contributed by atoms with Crippen LogP contribution in [0.15, 0.2) is 36.7 Å². The number of halogens is 2. The zero-order chi connectivity index (χ0) is 10.7. The summed E-state index contributed by atoms with van der Waals surface area (Å²) >= 11 is 11.8. The minimum absolute atomic E-state index is 0.238. The van der Waals surface area contributed by atoms with Crippen molar-refractivity contribution in [3.05, 3.63) is 46.7 Å². The highest BCUT2D eigenvalue weighted by molar-refractivity contribution is 6.42. The van der Waals surface area contributed by atoms with E-state index in [2.05, 4.69) is 9.97 Å². The van der Waals surface area contributed by atoms with E-state index in [4.69, 9.17) is 27.9 Å². The van der Waals surface area contributed by atoms with Gasteiger partial charge in [-0.2, -0.15) is 0 Å². The maximum absolute atomic E-state index is 5.93. The summed E-state index contributed by atoms with van der Waals surface area (Å²) in [6, 6.07) is 7.06. The van der Waals surface area contributed by atoms with Crippen LogP contribution in [0.2, 0.25) is 10.0 Å². The second kappa shape index (κ2) is 4.47. The summed E-state index contributed by atoms with van der Waals surface area (Å²) < 4.78 is 5.35. The van der Waals surface area contributed by atoms with Gasteiger partial charge in [0.15, 0.2) is 5.75 Å². The Morgan fingerprint density at radius 3 is 2.47 bits per heavy atom. The van der Waals surface area contributed by atoms with Gasteiger partial charge >= 0.3 is 6.01 Å². The summed E-state index contributed by atoms with van der Waals surface area (Å²) in [5.41, 5.74) is 0. The van der Waals surface area contributed by atoms with E-state index in [-0.39, 0.29) is 6.01 Å². The largest absolute Gasteiger partial charge is 0.423 e. The fourth-order valence-electron chi connectivity index (χ4n) is 0.999. The smallest absolute Gasteiger partial charge is 0.321 e. The van der Waals surface area contributed by atoms with E-state index in [0.717, 1.165) is 0 Å². The summed E-state index contributed by atoms with van der Waals surface area (Å²) in [6.45, 7) is 0. The van der Waals surface area contributed by atoms with Crippen LogP contribution in [0.4, 0.5) is 0 Å². The highest BCUT2D eigenvalue weighted by Crippen LogP contribution is 2.33. The lowest BCUT2D eigenvalue weighted by molar-refractivity contribution is 0.442. The molecule has 2 aromatic rings. The number of hydrogen-bond acceptors (Lipinski definition) is 3. The molecule has 5 heteroatoms. The third-order valence-electron chi connectivity index (χ3n) is 1.66. The Labute approximate surface area is 96.6 Å². The van der Waals surface area contributed by atoms with E-state index in [1.54, 1.807) is 36.7 Å². The van der Waals surface area contributed by atoms with Gasteiger partial charge in [-0.1, -0.05) is 29.3 Å². The number of ether oxygens (including phenoxy) is 1. The van der Waals surface area contributed by atoms with Gasteiger partial charge in [-0.25, -0.2) is 9.97 Å². The van der Waals surface area contributed by atoms with Gasteiger partial charge < -0.3 is 4.74 Å². The number of benzene rings is 1. The first-order valence-corrected chi connectivity index (χ1v) is 4.92. The van der Waals surface area contributed by atoms with Gasteiger partial charge in [0.05, 0.1) is 5.02 Å². The van der Waals surface area contributed by atoms with Crippen molar-refractivity contribution in [2.75, 3.05) is 0 Å². The Morgan fingerprint density at radius 2 is 1.73 bits per heavy atom. The van der Waals surface area contributed by atoms with Crippen LogP contribution >= 0.6 is 23.2 Å². The molecule has 0 radical (unpaired) electrons. The van der Waals surface area contributed by atoms with E-state index in [1.165, 1.54) is 0 Å². The molecule has 0 bridgehead atoms. The molecular weight excluding hydrogens is 235 g/mol. The summed E-state index contributed by atoms with van der Waals surface area (Å²) in [7, 11) is 0. The second-order valence-electron chi connectivity index (χ2n) is 2.69. The van der Waals surface area contributed by atoms with Gasteiger partial charge in [0.2, 0.25) is 0 Å². The van der Waals surface area contributed by atoms with Gasteiger partial charge in [0.1, 0.15) is 5.02 Å². The zero-order valence-corrected chi connectivity index (χ0v) is 9.03. The van der Waals surface area contributed by atoms with Crippen molar-refractivity contribution in [1.82, 2.24) is 9.97 Å². The fourth-order valence-corrected chi connectivity index (χ4v) is 1.33. The average molecular weight is 241 g/mol. The molecule has 15 heavy (non-hydrogen) atoms. The van der Waals surface area contributed by atoms with Crippen molar-refractivity contribution < 1.29 is 4.74 Å². The highest BCUT2D eigenvalue weighted by atomic mass is 35.5. The number of nitrogens with zero attached hydrogens (tertiary/aromatic N) is 2. The predicted molar refractivity (Wildman–Crippen MR) is 58.6 cm³/mol. The summed E-state index contributed by atoms with van der Waals surface area (Å²) in [5.74, 6) is 0.440. The first-order chi connectivity index (χ1) is 7.27. The van der Waals surface area contributed by atoms with Crippen LogP contribution in [0.5, 0.6) is 11.8 Å². The SMILES string of the molecule is Clc1cccc(Oc2ncccn2)c1Cl. The lowest BCUT2D eigenvalue weighted by Gasteiger charge is -2.05. The minimum atomic E-state index is 0.238. The van der Waals surface area contributed by atoms with Crippen LogP contribution in [0, 0.1) is 0 Å². The molecule has 0 unspecified atom stereocenters. The van der Waals surface area contributed by atoms with Gasteiger partial charge in [-0.15, -0.1) is 0 Å². The van der Waals surface area contributed by atoms with Crippen molar-refractivity contribution >= 4 is 23.2 Å². The molecular formula is C10H6Cl2N2O. The average Bonchev–Trinajstić information content (AvgIpc) is 2.26. The van der Waals surface area contributed by atoms with Crippen LogP contribution in [-0.2, 0) is 0 Å². The Bertz CT molecular complexity index is 462. The molecule has 1 aromatic heterocycles. The van der Waals surface area contributed by atoms with E-state index in [0.29, 0.717) is 15.8 Å². The van der Waals surface area contributed by atoms with Crippen LogP contribution in [0.25, 0.3) is 0 Å². The van der Waals surface area contributed by atoms with Gasteiger partial charge in [0, 0.05) is 12.4 Å². The molecule has 0 saturated heterocycles. The van der Waals surface area contributed by atoms with Crippen molar-refractivity contribution in [2.45, 2.75) is 0 Å². The van der Waals surface area contributed by atoms with Crippen LogP contribution in [-0.4, -0.2) is 9.97 Å². The fraction of sp³-hybridized carbons (Fsp3) is 0. The predicted octanol–water partition coefficient (Wildman–Crippen LogP) is 3.58. The molecule has 0 atom stereocenters. The molecule has 0 aliphatic rings. The molecule has 0 aliphatic carbocycles. The standard InChI is InChI=1S/C10H6Cl2N2O/c11-7-3-1-4-8(9(7)12)15-10-13-5-2-6-14-10/h1-6H. The molecule has 76 valence electrons. The molecule has 0 saturated carbocycles. The lowest BCUT2D eigenvalue weighted by Crippen LogP contribution is -1.90. The van der Waals surface area contributed by atoms with Crippen LogP contribution in [0.1, 0.15) is 0 Å². The number of aromatic nitrogens is 2. The summed E-state index contributed by atoms with van der Waals surface area (Å²) in [4.78, 5) is 7.82. The molecule has 3 nitrogen and oxygen atoms in total. The minimum Gasteiger partial charge on any atom is -0.423 e. The molecule has 0 N–H and O–H groups in total. The first-order valence-electron chi connectivity index (χ1n) is 4.16. The quantitative estimate of drug-likeness (QED) is 0.805. The Hall–Kier alpha value is -1.32. The normalized spacial score (nSPS) is 10.0. The van der Waals surface area contributed by atoms with Gasteiger partial charge in [0.25, 0.3) is 0 Å². The van der Waals surface area contributed by atoms with Crippen molar-refractivity contribution in [3.63, 3.8) is 0 Å². The molecule has 0 aliphatic heterocycles. The van der Waals surface area contributed by atoms with Crippen molar-refractivity contribution in [1.29, 1.82) is 0 Å². The van der Waals surface area contributed by atoms with Crippen molar-refractivity contribution in [3.8, 4) is 11.8 Å². The maximum Gasteiger partial charge on any atom is 0.321 e. The maximum atomic E-state index is 5.93. The Kier molecular flexibility index (Phi) is 3.04. The van der Waals surface area contributed by atoms with Gasteiger partial charge in [-0.05, 0) is 18.2 Å². The van der Waals surface area contributed by atoms with Crippen LogP contribution in [0.3, 0.4) is 0 Å². The van der Waals surface area contributed by atoms with E-state index >= 15 is 0 Å². The zero-order valence-electron chi connectivity index (χ0n) is 7.52. The monoisotopic (exact) mass is 240 g/mol. The highest BCUT2D eigenvalue weighted by Gasteiger charge is 2.07. The first kappa shape index (κ1) is 10.2. The topological polar surface area (TPSA) is 35.0 Å². The van der Waals surface area contributed by atoms with Crippen molar-refractivity contribution in [2.24, 2.45) is 0 Å². The number of hydrogen-bond donors (Lipinski definition) is 0. The molecule has 0 amide bonds. The van der Waals surface area contributed by atoms with Gasteiger partial charge in [-0.3, -0.25) is 0 Å². The summed E-state index contributed by atoms with van der Waals surface area (Å²) in [6.07, 6.45) is 3.17. The number of rotatable bonds is 2. The van der Waals surface area contributed by atoms with Crippen LogP contribution < -0.4 is 4.74 Å². The lowest BCUT2D eigenvalue weighted by atomic mass is 10.3. The Morgan fingerprint density at radius 1 is 1.00 bits per heavy atom. The molecule has 0 fully saturated rings. The second-order valence-corrected chi connectivity index (χ2v) is 3.47. The van der Waals surface area contributed by atoms with E-state index in [9.17, 15) is 0 Å². The third-order valence-corrected chi connectivity index (χ3v) is 2.46. The van der Waals surface area contributed by atoms with E-state index < -0.39 is 0 Å². The van der Waals surface area contributed by atoms with E-state index in [1.807, 2.05) is 0 Å². The third kappa shape index (κ3) is 2.37. The molecule has 2 rings (SSSR count). The molecule has 0 spiro atoms. The molecule has 1 aromatic carbocycles.